The lowest BCUT2D eigenvalue weighted by Gasteiger charge is -2.30. The fourth-order valence-corrected chi connectivity index (χ4v) is 4.98. The summed E-state index contributed by atoms with van der Waals surface area (Å²) in [5.74, 6) is -0.000193. The summed E-state index contributed by atoms with van der Waals surface area (Å²) < 4.78 is 5.35. The van der Waals surface area contributed by atoms with Crippen LogP contribution in [0, 0.1) is 0 Å². The molecule has 8 heteroatoms. The van der Waals surface area contributed by atoms with Gasteiger partial charge in [-0.1, -0.05) is 32.9 Å². The molecule has 1 aromatic carbocycles. The highest BCUT2D eigenvalue weighted by Gasteiger charge is 2.31. The number of morpholine rings is 1. The van der Waals surface area contributed by atoms with Gasteiger partial charge in [0.1, 0.15) is 0 Å². The first kappa shape index (κ1) is 22.9. The van der Waals surface area contributed by atoms with E-state index in [1.807, 2.05) is 34.5 Å². The van der Waals surface area contributed by atoms with Gasteiger partial charge in [0, 0.05) is 24.0 Å². The number of thiazole rings is 1. The average molecular weight is 457 g/mol. The van der Waals surface area contributed by atoms with Gasteiger partial charge in [-0.15, -0.1) is 11.3 Å². The topological polar surface area (TPSA) is 74.8 Å². The summed E-state index contributed by atoms with van der Waals surface area (Å²) in [7, 11) is 0. The van der Waals surface area contributed by atoms with Gasteiger partial charge in [-0.25, -0.2) is 4.98 Å². The molecule has 32 heavy (non-hydrogen) atoms. The molecule has 3 heterocycles. The summed E-state index contributed by atoms with van der Waals surface area (Å²) in [6.45, 7) is 10.3. The molecule has 7 nitrogen and oxygen atoms in total. The SMILES string of the molecule is CC(C)(C)c1ccc(C(=O)Nc2nc([C@@H]3CCCN3CC(=O)N3CCOCC3)cs2)cc1. The lowest BCUT2D eigenvalue weighted by molar-refractivity contribution is -0.136. The van der Waals surface area contributed by atoms with Crippen molar-refractivity contribution in [2.24, 2.45) is 0 Å². The number of carbonyl (C=O) groups excluding carboxylic acids is 2. The van der Waals surface area contributed by atoms with Crippen molar-refractivity contribution in [2.75, 3.05) is 44.7 Å². The average Bonchev–Trinajstić information content (AvgIpc) is 3.43. The summed E-state index contributed by atoms with van der Waals surface area (Å²) in [6.07, 6.45) is 2.02. The zero-order valence-electron chi connectivity index (χ0n) is 19.1. The molecule has 1 atom stereocenters. The number of likely N-dealkylation sites (tertiary alicyclic amines) is 1. The van der Waals surface area contributed by atoms with E-state index in [1.165, 1.54) is 16.9 Å². The van der Waals surface area contributed by atoms with Crippen molar-refractivity contribution in [2.45, 2.75) is 45.1 Å². The molecule has 2 saturated heterocycles. The molecule has 1 N–H and O–H groups in total. The van der Waals surface area contributed by atoms with Crippen molar-refractivity contribution >= 4 is 28.3 Å². The molecule has 2 amide bonds. The molecule has 2 aliphatic heterocycles. The Morgan fingerprint density at radius 1 is 1.16 bits per heavy atom. The Balaban J connectivity index is 1.37. The van der Waals surface area contributed by atoms with Crippen LogP contribution in [0.2, 0.25) is 0 Å². The molecule has 0 saturated carbocycles. The van der Waals surface area contributed by atoms with Gasteiger partial charge in [0.25, 0.3) is 5.91 Å². The maximum absolute atomic E-state index is 12.7. The Morgan fingerprint density at radius 2 is 1.88 bits per heavy atom. The normalized spacial score (nSPS) is 19.8. The summed E-state index contributed by atoms with van der Waals surface area (Å²) in [4.78, 5) is 34.1. The lowest BCUT2D eigenvalue weighted by Crippen LogP contribution is -2.45. The summed E-state index contributed by atoms with van der Waals surface area (Å²) in [5, 5.41) is 5.52. The van der Waals surface area contributed by atoms with Gasteiger partial charge in [-0.05, 0) is 42.5 Å². The quantitative estimate of drug-likeness (QED) is 0.743. The highest BCUT2D eigenvalue weighted by Crippen LogP contribution is 2.33. The third-order valence-corrected chi connectivity index (χ3v) is 6.94. The summed E-state index contributed by atoms with van der Waals surface area (Å²) >= 11 is 1.43. The maximum atomic E-state index is 12.7. The molecule has 2 aliphatic rings. The van der Waals surface area contributed by atoms with E-state index >= 15 is 0 Å². The third-order valence-electron chi connectivity index (χ3n) is 6.16. The highest BCUT2D eigenvalue weighted by atomic mass is 32.1. The van der Waals surface area contributed by atoms with Crippen LogP contribution in [0.1, 0.15) is 61.3 Å². The van der Waals surface area contributed by atoms with E-state index in [-0.39, 0.29) is 23.3 Å². The van der Waals surface area contributed by atoms with E-state index in [4.69, 9.17) is 4.74 Å². The number of nitrogens with zero attached hydrogens (tertiary/aromatic N) is 3. The number of benzene rings is 1. The molecule has 2 fully saturated rings. The van der Waals surface area contributed by atoms with Crippen molar-refractivity contribution in [3.05, 3.63) is 46.5 Å². The van der Waals surface area contributed by atoms with Crippen molar-refractivity contribution in [1.82, 2.24) is 14.8 Å². The van der Waals surface area contributed by atoms with Crippen LogP contribution in [0.3, 0.4) is 0 Å². The number of amides is 2. The molecule has 0 unspecified atom stereocenters. The van der Waals surface area contributed by atoms with Gasteiger partial charge in [0.05, 0.1) is 31.5 Å². The van der Waals surface area contributed by atoms with Crippen molar-refractivity contribution < 1.29 is 14.3 Å². The van der Waals surface area contributed by atoms with Crippen LogP contribution < -0.4 is 5.32 Å². The molecule has 2 aromatic rings. The molecular formula is C24H32N4O3S. The van der Waals surface area contributed by atoms with Crippen LogP contribution in [0.5, 0.6) is 0 Å². The van der Waals surface area contributed by atoms with E-state index in [2.05, 4.69) is 36.0 Å². The second-order valence-corrected chi connectivity index (χ2v) is 10.3. The van der Waals surface area contributed by atoms with Crippen LogP contribution in [0.25, 0.3) is 0 Å². The van der Waals surface area contributed by atoms with Crippen molar-refractivity contribution in [3.63, 3.8) is 0 Å². The molecular weight excluding hydrogens is 424 g/mol. The fraction of sp³-hybridized carbons (Fsp3) is 0.542. The Kier molecular flexibility index (Phi) is 6.93. The molecule has 0 radical (unpaired) electrons. The number of ether oxygens (including phenoxy) is 1. The molecule has 0 aliphatic carbocycles. The van der Waals surface area contributed by atoms with E-state index in [0.717, 1.165) is 25.1 Å². The minimum absolute atomic E-state index is 0.0511. The van der Waals surface area contributed by atoms with Gasteiger partial charge in [-0.2, -0.15) is 0 Å². The second-order valence-electron chi connectivity index (χ2n) is 9.48. The van der Waals surface area contributed by atoms with E-state index < -0.39 is 0 Å². The Labute approximate surface area is 193 Å². The van der Waals surface area contributed by atoms with Gasteiger partial charge in [-0.3, -0.25) is 19.8 Å². The smallest absolute Gasteiger partial charge is 0.257 e. The van der Waals surface area contributed by atoms with Crippen LogP contribution in [-0.4, -0.2) is 66.0 Å². The summed E-state index contributed by atoms with van der Waals surface area (Å²) in [5.41, 5.74) is 2.79. The standard InChI is InChI=1S/C24H32N4O3S/c1-24(2,3)18-8-6-17(7-9-18)22(30)26-23-25-19(16-32-23)20-5-4-10-28(20)15-21(29)27-11-13-31-14-12-27/h6-9,16,20H,4-5,10-15H2,1-3H3,(H,25,26,30)/t20-/m0/s1. The Hall–Kier alpha value is -2.29. The Morgan fingerprint density at radius 3 is 2.56 bits per heavy atom. The first-order chi connectivity index (χ1) is 15.3. The minimum atomic E-state index is -0.155. The van der Waals surface area contributed by atoms with Gasteiger partial charge < -0.3 is 9.64 Å². The second kappa shape index (κ2) is 9.68. The van der Waals surface area contributed by atoms with Crippen molar-refractivity contribution in [1.29, 1.82) is 0 Å². The number of hydrogen-bond donors (Lipinski definition) is 1. The number of anilines is 1. The monoisotopic (exact) mass is 456 g/mol. The van der Waals surface area contributed by atoms with Crippen molar-refractivity contribution in [3.8, 4) is 0 Å². The highest BCUT2D eigenvalue weighted by molar-refractivity contribution is 7.14. The first-order valence-corrected chi connectivity index (χ1v) is 12.2. The van der Waals surface area contributed by atoms with Gasteiger partial charge in [0.15, 0.2) is 5.13 Å². The maximum Gasteiger partial charge on any atom is 0.257 e. The predicted molar refractivity (Wildman–Crippen MR) is 126 cm³/mol. The number of hydrogen-bond acceptors (Lipinski definition) is 6. The van der Waals surface area contributed by atoms with Crippen LogP contribution >= 0.6 is 11.3 Å². The number of carbonyl (C=O) groups is 2. The number of aromatic nitrogens is 1. The zero-order chi connectivity index (χ0) is 22.7. The van der Waals surface area contributed by atoms with Crippen LogP contribution in [-0.2, 0) is 14.9 Å². The number of nitrogens with one attached hydrogen (secondary N) is 1. The fourth-order valence-electron chi connectivity index (χ4n) is 4.22. The largest absolute Gasteiger partial charge is 0.378 e. The lowest BCUT2D eigenvalue weighted by atomic mass is 9.87. The third kappa shape index (κ3) is 5.36. The van der Waals surface area contributed by atoms with E-state index in [0.29, 0.717) is 43.5 Å². The predicted octanol–water partition coefficient (Wildman–Crippen LogP) is 3.69. The zero-order valence-corrected chi connectivity index (χ0v) is 19.9. The molecule has 172 valence electrons. The minimum Gasteiger partial charge on any atom is -0.378 e. The summed E-state index contributed by atoms with van der Waals surface area (Å²) in [6, 6.07) is 7.85. The van der Waals surface area contributed by atoms with Crippen LogP contribution in [0.4, 0.5) is 5.13 Å². The Bertz CT molecular complexity index is 945. The first-order valence-electron chi connectivity index (χ1n) is 11.3. The van der Waals surface area contributed by atoms with E-state index in [9.17, 15) is 9.59 Å². The van der Waals surface area contributed by atoms with Crippen LogP contribution in [0.15, 0.2) is 29.6 Å². The number of rotatable bonds is 5. The molecule has 0 bridgehead atoms. The van der Waals surface area contributed by atoms with Gasteiger partial charge >= 0.3 is 0 Å². The molecule has 1 aromatic heterocycles. The molecule has 0 spiro atoms. The van der Waals surface area contributed by atoms with E-state index in [1.54, 1.807) is 0 Å². The van der Waals surface area contributed by atoms with Gasteiger partial charge in [0.2, 0.25) is 5.91 Å². The molecule has 4 rings (SSSR count).